The molecular weight excluding hydrogens is 356 g/mol. The minimum atomic E-state index is -3.81. The van der Waals surface area contributed by atoms with E-state index >= 15 is 0 Å². The summed E-state index contributed by atoms with van der Waals surface area (Å²) in [6.07, 6.45) is 0. The van der Waals surface area contributed by atoms with Gasteiger partial charge in [0.15, 0.2) is 0 Å². The van der Waals surface area contributed by atoms with Gasteiger partial charge in [0.2, 0.25) is 0 Å². The van der Waals surface area contributed by atoms with Crippen LogP contribution in [0.5, 0.6) is 0 Å². The highest BCUT2D eigenvalue weighted by Gasteiger charge is 2.15. The van der Waals surface area contributed by atoms with E-state index < -0.39 is 15.9 Å². The van der Waals surface area contributed by atoms with Crippen LogP contribution in [0.2, 0.25) is 0 Å². The molecule has 110 valence electrons. The number of hydrogen-bond donors (Lipinski definition) is 2. The Morgan fingerprint density at radius 1 is 1.10 bits per heavy atom. The second kappa shape index (κ2) is 6.38. The summed E-state index contributed by atoms with van der Waals surface area (Å²) in [5.74, 6) is -0.520. The Labute approximate surface area is 131 Å². The maximum atomic E-state index is 12.0. The van der Waals surface area contributed by atoms with Crippen LogP contribution in [0.4, 0.5) is 0 Å². The van der Waals surface area contributed by atoms with E-state index in [0.29, 0.717) is 10.0 Å². The van der Waals surface area contributed by atoms with E-state index in [4.69, 9.17) is 0 Å². The predicted molar refractivity (Wildman–Crippen MR) is 83.1 cm³/mol. The normalized spacial score (nSPS) is 11.1. The van der Waals surface area contributed by atoms with Gasteiger partial charge in [0.25, 0.3) is 15.9 Å². The number of carbonyl (C=O) groups excluding carboxylic acids is 1. The summed E-state index contributed by atoms with van der Waals surface area (Å²) in [6, 6.07) is 13.0. The molecular formula is C14H13BrN2O3S. The number of hydrogen-bond acceptors (Lipinski definition) is 3. The van der Waals surface area contributed by atoms with Crippen molar-refractivity contribution in [3.05, 3.63) is 64.1 Å². The fourth-order valence-corrected chi connectivity index (χ4v) is 3.02. The molecule has 0 heterocycles. The molecule has 2 rings (SSSR count). The Morgan fingerprint density at radius 3 is 2.38 bits per heavy atom. The summed E-state index contributed by atoms with van der Waals surface area (Å²) >= 11 is 3.20. The average molecular weight is 369 g/mol. The molecule has 0 bridgehead atoms. The number of rotatable bonds is 4. The maximum absolute atomic E-state index is 12.0. The predicted octanol–water partition coefficient (Wildman–Crippen LogP) is 2.38. The van der Waals surface area contributed by atoms with Crippen molar-refractivity contribution < 1.29 is 13.2 Å². The van der Waals surface area contributed by atoms with Gasteiger partial charge < -0.3 is 0 Å². The first-order chi connectivity index (χ1) is 9.88. The van der Waals surface area contributed by atoms with Crippen LogP contribution in [-0.4, -0.2) is 14.3 Å². The molecule has 21 heavy (non-hydrogen) atoms. The zero-order valence-corrected chi connectivity index (χ0v) is 13.5. The largest absolute Gasteiger partial charge is 0.273 e. The quantitative estimate of drug-likeness (QED) is 0.813. The van der Waals surface area contributed by atoms with Crippen LogP contribution in [0.1, 0.15) is 15.9 Å². The molecule has 0 spiro atoms. The molecule has 0 saturated heterocycles. The molecule has 0 aromatic heterocycles. The van der Waals surface area contributed by atoms with Crippen molar-refractivity contribution in [1.82, 2.24) is 10.3 Å². The van der Waals surface area contributed by atoms with Crippen LogP contribution in [0.25, 0.3) is 0 Å². The van der Waals surface area contributed by atoms with E-state index in [1.807, 2.05) is 6.92 Å². The van der Waals surface area contributed by atoms with Gasteiger partial charge in [0.1, 0.15) is 0 Å². The lowest BCUT2D eigenvalue weighted by Crippen LogP contribution is -2.41. The van der Waals surface area contributed by atoms with Crippen molar-refractivity contribution in [1.29, 1.82) is 0 Å². The lowest BCUT2D eigenvalue weighted by atomic mass is 10.1. The highest BCUT2D eigenvalue weighted by atomic mass is 79.9. The molecule has 7 heteroatoms. The van der Waals surface area contributed by atoms with E-state index in [0.717, 1.165) is 5.56 Å². The molecule has 2 aromatic carbocycles. The molecule has 0 aliphatic rings. The first kappa shape index (κ1) is 15.7. The first-order valence-corrected chi connectivity index (χ1v) is 8.30. The fraction of sp³-hybridized carbons (Fsp3) is 0.0714. The number of amides is 1. The molecule has 2 aromatic rings. The van der Waals surface area contributed by atoms with Gasteiger partial charge in [-0.2, -0.15) is 0 Å². The number of sulfonamides is 1. The van der Waals surface area contributed by atoms with Gasteiger partial charge in [-0.25, -0.2) is 8.42 Å². The van der Waals surface area contributed by atoms with Crippen LogP contribution in [-0.2, 0) is 10.0 Å². The van der Waals surface area contributed by atoms with Gasteiger partial charge in [-0.1, -0.05) is 39.7 Å². The topological polar surface area (TPSA) is 75.3 Å². The van der Waals surface area contributed by atoms with Crippen molar-refractivity contribution in [2.24, 2.45) is 0 Å². The molecule has 0 atom stereocenters. The van der Waals surface area contributed by atoms with Gasteiger partial charge in [-0.05, 0) is 37.3 Å². The summed E-state index contributed by atoms with van der Waals surface area (Å²) < 4.78 is 24.7. The molecule has 0 aliphatic carbocycles. The molecule has 0 radical (unpaired) electrons. The first-order valence-electron chi connectivity index (χ1n) is 6.03. The van der Waals surface area contributed by atoms with E-state index in [9.17, 15) is 13.2 Å². The minimum absolute atomic E-state index is 0.0566. The van der Waals surface area contributed by atoms with E-state index in [2.05, 4.69) is 26.2 Å². The van der Waals surface area contributed by atoms with E-state index in [1.165, 1.54) is 12.1 Å². The zero-order valence-electron chi connectivity index (χ0n) is 11.1. The third-order valence-corrected chi connectivity index (χ3v) is 4.46. The fourth-order valence-electron chi connectivity index (χ4n) is 1.58. The second-order valence-corrected chi connectivity index (χ2v) is 6.98. The standard InChI is InChI=1S/C14H13BrN2O3S/c1-10-5-7-11(8-6-10)14(18)16-17-21(19,20)13-4-2-3-12(15)9-13/h2-9,17H,1H3,(H,16,18). The van der Waals surface area contributed by atoms with Crippen molar-refractivity contribution in [2.75, 3.05) is 0 Å². The summed E-state index contributed by atoms with van der Waals surface area (Å²) in [6.45, 7) is 1.90. The number of nitrogens with one attached hydrogen (secondary N) is 2. The molecule has 1 amide bonds. The van der Waals surface area contributed by atoms with Crippen LogP contribution in [0.15, 0.2) is 57.9 Å². The Bertz CT molecular complexity index is 758. The highest BCUT2D eigenvalue weighted by Crippen LogP contribution is 2.15. The third-order valence-electron chi connectivity index (χ3n) is 2.72. The van der Waals surface area contributed by atoms with Crippen molar-refractivity contribution in [3.63, 3.8) is 0 Å². The summed E-state index contributed by atoms with van der Waals surface area (Å²) in [4.78, 5) is 14.0. The van der Waals surface area contributed by atoms with Gasteiger partial charge in [0.05, 0.1) is 4.90 Å². The van der Waals surface area contributed by atoms with Crippen LogP contribution in [0.3, 0.4) is 0 Å². The van der Waals surface area contributed by atoms with Crippen molar-refractivity contribution in [3.8, 4) is 0 Å². The van der Waals surface area contributed by atoms with Crippen LogP contribution in [0, 0.1) is 6.92 Å². The van der Waals surface area contributed by atoms with Crippen molar-refractivity contribution >= 4 is 31.9 Å². The van der Waals surface area contributed by atoms with E-state index in [1.54, 1.807) is 36.4 Å². The number of hydrazine groups is 1. The Kier molecular flexibility index (Phi) is 4.76. The summed E-state index contributed by atoms with van der Waals surface area (Å²) in [5.41, 5.74) is 3.57. The lowest BCUT2D eigenvalue weighted by molar-refractivity contribution is 0.0945. The Morgan fingerprint density at radius 2 is 1.76 bits per heavy atom. The maximum Gasteiger partial charge on any atom is 0.266 e. The number of carbonyl (C=O) groups is 1. The zero-order chi connectivity index (χ0) is 15.5. The highest BCUT2D eigenvalue weighted by molar-refractivity contribution is 9.10. The average Bonchev–Trinajstić information content (AvgIpc) is 2.45. The van der Waals surface area contributed by atoms with E-state index in [-0.39, 0.29) is 4.90 Å². The summed E-state index contributed by atoms with van der Waals surface area (Å²) in [5, 5.41) is 0. The minimum Gasteiger partial charge on any atom is -0.273 e. The van der Waals surface area contributed by atoms with Crippen LogP contribution < -0.4 is 10.3 Å². The molecule has 0 saturated carbocycles. The summed E-state index contributed by atoms with van der Waals surface area (Å²) in [7, 11) is -3.81. The van der Waals surface area contributed by atoms with Gasteiger partial charge in [0, 0.05) is 10.0 Å². The number of halogens is 1. The van der Waals surface area contributed by atoms with Gasteiger partial charge in [-0.3, -0.25) is 10.2 Å². The molecule has 0 fully saturated rings. The van der Waals surface area contributed by atoms with Crippen LogP contribution >= 0.6 is 15.9 Å². The Balaban J connectivity index is 2.08. The molecule has 0 aliphatic heterocycles. The van der Waals surface area contributed by atoms with Gasteiger partial charge in [-0.15, -0.1) is 4.83 Å². The lowest BCUT2D eigenvalue weighted by Gasteiger charge is -2.09. The number of benzene rings is 2. The Hall–Kier alpha value is -1.70. The third kappa shape index (κ3) is 4.13. The van der Waals surface area contributed by atoms with Gasteiger partial charge >= 0.3 is 0 Å². The SMILES string of the molecule is Cc1ccc(C(=O)NNS(=O)(=O)c2cccc(Br)c2)cc1. The molecule has 2 N–H and O–H groups in total. The number of aryl methyl sites for hydroxylation is 1. The van der Waals surface area contributed by atoms with Crippen molar-refractivity contribution in [2.45, 2.75) is 11.8 Å². The smallest absolute Gasteiger partial charge is 0.266 e. The second-order valence-electron chi connectivity index (χ2n) is 4.38. The molecule has 5 nitrogen and oxygen atoms in total. The molecule has 0 unspecified atom stereocenters. The monoisotopic (exact) mass is 368 g/mol.